The summed E-state index contributed by atoms with van der Waals surface area (Å²) in [5.74, 6) is -1.46. The van der Waals surface area contributed by atoms with Gasteiger partial charge in [0.1, 0.15) is 17.1 Å². The predicted molar refractivity (Wildman–Crippen MR) is 96.8 cm³/mol. The predicted octanol–water partition coefficient (Wildman–Crippen LogP) is 3.16. The Balaban J connectivity index is 1.96. The van der Waals surface area contributed by atoms with Crippen LogP contribution in [0.2, 0.25) is 0 Å². The highest BCUT2D eigenvalue weighted by molar-refractivity contribution is 5.94. The van der Waals surface area contributed by atoms with Gasteiger partial charge >= 0.3 is 5.97 Å². The molecular weight excluding hydrogens is 334 g/mol. The highest BCUT2D eigenvalue weighted by Gasteiger charge is 2.18. The molecule has 0 spiro atoms. The van der Waals surface area contributed by atoms with E-state index < -0.39 is 24.2 Å². The molecule has 1 atom stereocenters. The summed E-state index contributed by atoms with van der Waals surface area (Å²) in [6, 6.07) is 12.9. The molecule has 6 heteroatoms. The van der Waals surface area contributed by atoms with Crippen LogP contribution in [-0.2, 0) is 9.53 Å². The van der Waals surface area contributed by atoms with E-state index in [9.17, 15) is 19.8 Å². The fraction of sp³-hybridized carbons (Fsp3) is 0.300. The minimum Gasteiger partial charge on any atom is -0.508 e. The van der Waals surface area contributed by atoms with E-state index in [0.29, 0.717) is 5.92 Å². The number of hydrogen-bond donors (Lipinski definition) is 3. The van der Waals surface area contributed by atoms with Crippen molar-refractivity contribution in [2.24, 2.45) is 5.92 Å². The lowest BCUT2D eigenvalue weighted by Gasteiger charge is -2.21. The normalized spacial score (nSPS) is 11.8. The molecule has 3 N–H and O–H groups in total. The molecule has 138 valence electrons. The van der Waals surface area contributed by atoms with Crippen molar-refractivity contribution in [1.29, 1.82) is 0 Å². The smallest absolute Gasteiger partial charge is 0.342 e. The van der Waals surface area contributed by atoms with Gasteiger partial charge in [0.2, 0.25) is 0 Å². The van der Waals surface area contributed by atoms with Crippen molar-refractivity contribution < 1.29 is 24.5 Å². The van der Waals surface area contributed by atoms with Gasteiger partial charge in [0, 0.05) is 6.07 Å². The number of ether oxygens (including phenoxy) is 1. The lowest BCUT2D eigenvalue weighted by molar-refractivity contribution is -0.125. The summed E-state index contributed by atoms with van der Waals surface area (Å²) in [7, 11) is 0. The zero-order chi connectivity index (χ0) is 19.1. The van der Waals surface area contributed by atoms with Crippen LogP contribution >= 0.6 is 0 Å². The van der Waals surface area contributed by atoms with E-state index in [1.165, 1.54) is 12.1 Å². The van der Waals surface area contributed by atoms with Crippen LogP contribution in [0.5, 0.6) is 11.5 Å². The molecule has 2 aromatic rings. The average molecular weight is 357 g/mol. The molecule has 0 aliphatic heterocycles. The van der Waals surface area contributed by atoms with Gasteiger partial charge in [-0.15, -0.1) is 0 Å². The van der Waals surface area contributed by atoms with E-state index in [1.54, 1.807) is 0 Å². The Morgan fingerprint density at radius 1 is 1.08 bits per heavy atom. The summed E-state index contributed by atoms with van der Waals surface area (Å²) in [6.07, 6.45) is 0.752. The fourth-order valence-electron chi connectivity index (χ4n) is 2.57. The van der Waals surface area contributed by atoms with Crippen LogP contribution in [0.1, 0.15) is 42.2 Å². The molecule has 0 radical (unpaired) electrons. The monoisotopic (exact) mass is 357 g/mol. The van der Waals surface area contributed by atoms with Crippen LogP contribution in [0, 0.1) is 5.92 Å². The van der Waals surface area contributed by atoms with Gasteiger partial charge in [-0.25, -0.2) is 4.79 Å². The van der Waals surface area contributed by atoms with Crippen molar-refractivity contribution in [2.45, 2.75) is 26.3 Å². The first-order chi connectivity index (χ1) is 12.4. The van der Waals surface area contributed by atoms with Crippen LogP contribution in [0.3, 0.4) is 0 Å². The number of phenolic OH excluding ortho intramolecular Hbond substituents is 2. The van der Waals surface area contributed by atoms with E-state index >= 15 is 0 Å². The van der Waals surface area contributed by atoms with Crippen molar-refractivity contribution in [2.75, 3.05) is 6.61 Å². The Morgan fingerprint density at radius 2 is 1.77 bits per heavy atom. The number of amides is 1. The van der Waals surface area contributed by atoms with Gasteiger partial charge in [0.25, 0.3) is 5.91 Å². The third-order valence-corrected chi connectivity index (χ3v) is 3.78. The summed E-state index contributed by atoms with van der Waals surface area (Å²) in [6.45, 7) is 3.67. The number of hydrogen-bond acceptors (Lipinski definition) is 5. The molecule has 6 nitrogen and oxygen atoms in total. The van der Waals surface area contributed by atoms with E-state index in [2.05, 4.69) is 19.2 Å². The lowest BCUT2D eigenvalue weighted by atomic mass is 9.97. The molecular formula is C20H23NO5. The molecule has 0 aromatic heterocycles. The van der Waals surface area contributed by atoms with E-state index in [-0.39, 0.29) is 17.4 Å². The standard InChI is InChI=1S/C20H23NO5/c1-13(2)10-17(14-6-4-3-5-7-14)21-19(24)12-26-20(25)16-9-8-15(22)11-18(16)23/h3-9,11,13,17,22-23H,10,12H2,1-2H3,(H,21,24)/t17-/m1/s1. The minimum atomic E-state index is -0.835. The first kappa shape index (κ1) is 19.3. The third kappa shape index (κ3) is 5.51. The second-order valence-corrected chi connectivity index (χ2v) is 6.44. The molecule has 26 heavy (non-hydrogen) atoms. The summed E-state index contributed by atoms with van der Waals surface area (Å²) >= 11 is 0. The van der Waals surface area contributed by atoms with Gasteiger partial charge in [-0.1, -0.05) is 44.2 Å². The van der Waals surface area contributed by atoms with Crippen molar-refractivity contribution in [3.05, 3.63) is 59.7 Å². The lowest BCUT2D eigenvalue weighted by Crippen LogP contribution is -2.33. The topological polar surface area (TPSA) is 95.9 Å². The number of esters is 1. The summed E-state index contributed by atoms with van der Waals surface area (Å²) in [4.78, 5) is 24.2. The minimum absolute atomic E-state index is 0.114. The van der Waals surface area contributed by atoms with Gasteiger partial charge in [-0.3, -0.25) is 4.79 Å². The van der Waals surface area contributed by atoms with Gasteiger partial charge in [0.05, 0.1) is 6.04 Å². The fourth-order valence-corrected chi connectivity index (χ4v) is 2.57. The maximum atomic E-state index is 12.2. The molecule has 0 aliphatic rings. The first-order valence-electron chi connectivity index (χ1n) is 8.40. The highest BCUT2D eigenvalue weighted by Crippen LogP contribution is 2.23. The molecule has 1 amide bonds. The van der Waals surface area contributed by atoms with Gasteiger partial charge in [-0.05, 0) is 30.0 Å². The number of nitrogens with one attached hydrogen (secondary N) is 1. The molecule has 0 saturated heterocycles. The number of benzene rings is 2. The molecule has 0 unspecified atom stereocenters. The zero-order valence-corrected chi connectivity index (χ0v) is 14.8. The molecule has 0 fully saturated rings. The molecule has 0 saturated carbocycles. The second-order valence-electron chi connectivity index (χ2n) is 6.44. The first-order valence-corrected chi connectivity index (χ1v) is 8.40. The Kier molecular flexibility index (Phi) is 6.60. The van der Waals surface area contributed by atoms with Crippen LogP contribution in [-0.4, -0.2) is 28.7 Å². The van der Waals surface area contributed by atoms with Gasteiger partial charge in [-0.2, -0.15) is 0 Å². The van der Waals surface area contributed by atoms with E-state index in [0.717, 1.165) is 18.1 Å². The maximum absolute atomic E-state index is 12.2. The summed E-state index contributed by atoms with van der Waals surface area (Å²) in [5.41, 5.74) is 0.870. The highest BCUT2D eigenvalue weighted by atomic mass is 16.5. The van der Waals surface area contributed by atoms with Gasteiger partial charge in [0.15, 0.2) is 6.61 Å². The zero-order valence-electron chi connectivity index (χ0n) is 14.8. The SMILES string of the molecule is CC(C)C[C@@H](NC(=O)COC(=O)c1ccc(O)cc1O)c1ccccc1. The summed E-state index contributed by atoms with van der Waals surface area (Å²) in [5, 5.41) is 21.8. The molecule has 2 aromatic carbocycles. The van der Waals surface area contributed by atoms with Crippen LogP contribution in [0.25, 0.3) is 0 Å². The number of aromatic hydroxyl groups is 2. The number of carbonyl (C=O) groups is 2. The number of rotatable bonds is 7. The number of phenols is 2. The Bertz CT molecular complexity index is 758. The Hall–Kier alpha value is -3.02. The largest absolute Gasteiger partial charge is 0.508 e. The maximum Gasteiger partial charge on any atom is 0.342 e. The van der Waals surface area contributed by atoms with Crippen molar-refractivity contribution in [3.63, 3.8) is 0 Å². The van der Waals surface area contributed by atoms with Gasteiger partial charge < -0.3 is 20.3 Å². The molecule has 0 bridgehead atoms. The van der Waals surface area contributed by atoms with Crippen LogP contribution in [0.4, 0.5) is 0 Å². The Morgan fingerprint density at radius 3 is 2.38 bits per heavy atom. The quantitative estimate of drug-likeness (QED) is 0.662. The van der Waals surface area contributed by atoms with Crippen molar-refractivity contribution in [1.82, 2.24) is 5.32 Å². The summed E-state index contributed by atoms with van der Waals surface area (Å²) < 4.78 is 4.96. The molecule has 0 heterocycles. The number of carbonyl (C=O) groups excluding carboxylic acids is 2. The Labute approximate surface area is 152 Å². The average Bonchev–Trinajstić information content (AvgIpc) is 2.59. The van der Waals surface area contributed by atoms with E-state index in [4.69, 9.17) is 4.74 Å². The van der Waals surface area contributed by atoms with Crippen LogP contribution < -0.4 is 5.32 Å². The third-order valence-electron chi connectivity index (χ3n) is 3.78. The van der Waals surface area contributed by atoms with Crippen molar-refractivity contribution >= 4 is 11.9 Å². The van der Waals surface area contributed by atoms with E-state index in [1.807, 2.05) is 30.3 Å². The molecule has 2 rings (SSSR count). The second kappa shape index (κ2) is 8.89. The van der Waals surface area contributed by atoms with Crippen LogP contribution in [0.15, 0.2) is 48.5 Å². The van der Waals surface area contributed by atoms with Crippen molar-refractivity contribution in [3.8, 4) is 11.5 Å². The molecule has 0 aliphatic carbocycles.